The van der Waals surface area contributed by atoms with Gasteiger partial charge in [-0.05, 0) is 36.2 Å². The summed E-state index contributed by atoms with van der Waals surface area (Å²) in [6.45, 7) is 3.25. The molecular formula is C18H18F3N3O2. The van der Waals surface area contributed by atoms with E-state index in [9.17, 15) is 22.8 Å². The third-order valence-corrected chi connectivity index (χ3v) is 3.59. The van der Waals surface area contributed by atoms with Crippen LogP contribution in [0.25, 0.3) is 0 Å². The molecule has 0 fully saturated rings. The molecule has 0 unspecified atom stereocenters. The molecule has 0 bridgehead atoms. The molecule has 2 aromatic rings. The van der Waals surface area contributed by atoms with Crippen molar-refractivity contribution in [1.29, 1.82) is 0 Å². The fraction of sp³-hybridized carbons (Fsp3) is 0.222. The number of rotatable bonds is 4. The second kappa shape index (κ2) is 7.90. The number of benzene rings is 2. The Balaban J connectivity index is 2.13. The van der Waals surface area contributed by atoms with Crippen molar-refractivity contribution < 1.29 is 22.8 Å². The molecule has 0 aromatic heterocycles. The molecule has 26 heavy (non-hydrogen) atoms. The van der Waals surface area contributed by atoms with Crippen LogP contribution in [-0.4, -0.2) is 11.9 Å². The first-order chi connectivity index (χ1) is 12.2. The van der Waals surface area contributed by atoms with Crippen LogP contribution < -0.4 is 16.0 Å². The summed E-state index contributed by atoms with van der Waals surface area (Å²) >= 11 is 0. The van der Waals surface area contributed by atoms with Gasteiger partial charge in [0, 0.05) is 19.2 Å². The number of aryl methyl sites for hydroxylation is 1. The number of alkyl halides is 3. The number of carbonyl (C=O) groups excluding carboxylic acids is 2. The molecule has 0 radical (unpaired) electrons. The van der Waals surface area contributed by atoms with Crippen LogP contribution in [0.3, 0.4) is 0 Å². The van der Waals surface area contributed by atoms with E-state index < -0.39 is 29.4 Å². The Morgan fingerprint density at radius 2 is 1.73 bits per heavy atom. The van der Waals surface area contributed by atoms with E-state index in [0.717, 1.165) is 23.3 Å². The predicted molar refractivity (Wildman–Crippen MR) is 92.8 cm³/mol. The van der Waals surface area contributed by atoms with E-state index in [1.807, 2.05) is 31.2 Å². The average molecular weight is 365 g/mol. The zero-order valence-electron chi connectivity index (χ0n) is 14.2. The summed E-state index contributed by atoms with van der Waals surface area (Å²) in [5.41, 5.74) is 0.377. The third kappa shape index (κ3) is 5.23. The molecule has 2 aromatic carbocycles. The van der Waals surface area contributed by atoms with Gasteiger partial charge in [-0.3, -0.25) is 4.79 Å². The molecule has 0 aliphatic heterocycles. The number of hydrogen-bond acceptors (Lipinski definition) is 2. The Labute approximate surface area is 148 Å². The quantitative estimate of drug-likeness (QED) is 0.756. The third-order valence-electron chi connectivity index (χ3n) is 3.59. The van der Waals surface area contributed by atoms with Crippen LogP contribution in [0.2, 0.25) is 0 Å². The summed E-state index contributed by atoms with van der Waals surface area (Å²) in [5.74, 6) is -0.491. The molecule has 3 N–H and O–H groups in total. The van der Waals surface area contributed by atoms with E-state index in [0.29, 0.717) is 0 Å². The molecule has 8 heteroatoms. The van der Waals surface area contributed by atoms with Crippen LogP contribution in [0.5, 0.6) is 0 Å². The Morgan fingerprint density at radius 3 is 2.35 bits per heavy atom. The van der Waals surface area contributed by atoms with E-state index in [-0.39, 0.29) is 12.2 Å². The van der Waals surface area contributed by atoms with E-state index in [2.05, 4.69) is 16.0 Å². The first-order valence-electron chi connectivity index (χ1n) is 7.75. The molecule has 138 valence electrons. The Bertz CT molecular complexity index is 820. The molecule has 0 heterocycles. The lowest BCUT2D eigenvalue weighted by molar-refractivity contribution is -0.137. The van der Waals surface area contributed by atoms with Gasteiger partial charge in [-0.25, -0.2) is 4.79 Å². The van der Waals surface area contributed by atoms with Gasteiger partial charge < -0.3 is 16.0 Å². The number of halogens is 3. The van der Waals surface area contributed by atoms with Crippen molar-refractivity contribution in [2.75, 3.05) is 10.6 Å². The summed E-state index contributed by atoms with van der Waals surface area (Å²) in [6.07, 6.45) is -4.69. The summed E-state index contributed by atoms with van der Waals surface area (Å²) in [6, 6.07) is 9.75. The van der Waals surface area contributed by atoms with Crippen molar-refractivity contribution in [3.8, 4) is 0 Å². The zero-order valence-corrected chi connectivity index (χ0v) is 14.2. The van der Waals surface area contributed by atoms with Gasteiger partial charge in [0.15, 0.2) is 0 Å². The minimum atomic E-state index is -4.69. The number of nitrogens with one attached hydrogen (secondary N) is 3. The van der Waals surface area contributed by atoms with Gasteiger partial charge in [0.2, 0.25) is 5.91 Å². The largest absolute Gasteiger partial charge is 0.418 e. The Morgan fingerprint density at radius 1 is 1.04 bits per heavy atom. The van der Waals surface area contributed by atoms with Crippen LogP contribution in [0, 0.1) is 6.92 Å². The van der Waals surface area contributed by atoms with Crippen LogP contribution in [0.1, 0.15) is 23.6 Å². The molecule has 0 saturated heterocycles. The first-order valence-corrected chi connectivity index (χ1v) is 7.75. The van der Waals surface area contributed by atoms with E-state index in [4.69, 9.17) is 0 Å². The number of anilines is 2. The maximum atomic E-state index is 13.2. The molecule has 0 atom stereocenters. The highest BCUT2D eigenvalue weighted by atomic mass is 19.4. The molecule has 0 spiro atoms. The Kier molecular flexibility index (Phi) is 5.86. The van der Waals surface area contributed by atoms with E-state index in [1.165, 1.54) is 13.0 Å². The van der Waals surface area contributed by atoms with Gasteiger partial charge in [-0.15, -0.1) is 0 Å². The normalized spacial score (nSPS) is 11.0. The minimum absolute atomic E-state index is 0.00399. The fourth-order valence-electron chi connectivity index (χ4n) is 2.32. The smallest absolute Gasteiger partial charge is 0.334 e. The van der Waals surface area contributed by atoms with Gasteiger partial charge in [0.25, 0.3) is 0 Å². The number of amides is 3. The molecular weight excluding hydrogens is 347 g/mol. The lowest BCUT2D eigenvalue weighted by atomic mass is 10.1. The lowest BCUT2D eigenvalue weighted by Crippen LogP contribution is -2.29. The highest BCUT2D eigenvalue weighted by Crippen LogP contribution is 2.36. The van der Waals surface area contributed by atoms with Gasteiger partial charge >= 0.3 is 12.2 Å². The van der Waals surface area contributed by atoms with Crippen molar-refractivity contribution in [2.24, 2.45) is 0 Å². The lowest BCUT2D eigenvalue weighted by Gasteiger charge is -2.16. The summed E-state index contributed by atoms with van der Waals surface area (Å²) in [7, 11) is 0. The molecule has 3 amide bonds. The van der Waals surface area contributed by atoms with Crippen LogP contribution in [-0.2, 0) is 17.5 Å². The average Bonchev–Trinajstić information content (AvgIpc) is 2.54. The standard InChI is InChI=1S/C18H18F3N3O2/c1-11-5-3-4-6-13(11)10-22-17(26)24-16-8-7-14(23-12(2)25)9-15(16)18(19,20)21/h3-9H,10H2,1-2H3,(H,23,25)(H2,22,24,26). The fourth-order valence-corrected chi connectivity index (χ4v) is 2.32. The van der Waals surface area contributed by atoms with Gasteiger partial charge in [0.1, 0.15) is 0 Å². The van der Waals surface area contributed by atoms with Crippen molar-refractivity contribution in [1.82, 2.24) is 5.32 Å². The summed E-state index contributed by atoms with van der Waals surface area (Å²) in [5, 5.41) is 7.01. The summed E-state index contributed by atoms with van der Waals surface area (Å²) < 4.78 is 39.7. The molecule has 2 rings (SSSR count). The number of hydrogen-bond donors (Lipinski definition) is 3. The van der Waals surface area contributed by atoms with Crippen molar-refractivity contribution >= 4 is 23.3 Å². The molecule has 0 aliphatic carbocycles. The molecule has 5 nitrogen and oxygen atoms in total. The van der Waals surface area contributed by atoms with Crippen molar-refractivity contribution in [3.05, 3.63) is 59.2 Å². The second-order valence-corrected chi connectivity index (χ2v) is 5.67. The predicted octanol–water partition coefficient (Wildman–Crippen LogP) is 4.29. The molecule has 0 aliphatic rings. The number of urea groups is 1. The van der Waals surface area contributed by atoms with Gasteiger partial charge in [-0.2, -0.15) is 13.2 Å². The van der Waals surface area contributed by atoms with Gasteiger partial charge in [0.05, 0.1) is 11.3 Å². The highest BCUT2D eigenvalue weighted by Gasteiger charge is 2.34. The van der Waals surface area contributed by atoms with Gasteiger partial charge in [-0.1, -0.05) is 24.3 Å². The zero-order chi connectivity index (χ0) is 19.3. The maximum Gasteiger partial charge on any atom is 0.418 e. The number of carbonyl (C=O) groups is 2. The van der Waals surface area contributed by atoms with Crippen molar-refractivity contribution in [3.63, 3.8) is 0 Å². The van der Waals surface area contributed by atoms with Crippen LogP contribution in [0.15, 0.2) is 42.5 Å². The van der Waals surface area contributed by atoms with Crippen LogP contribution >= 0.6 is 0 Å². The van der Waals surface area contributed by atoms with E-state index in [1.54, 1.807) is 0 Å². The minimum Gasteiger partial charge on any atom is -0.334 e. The topological polar surface area (TPSA) is 70.2 Å². The second-order valence-electron chi connectivity index (χ2n) is 5.67. The van der Waals surface area contributed by atoms with Crippen LogP contribution in [0.4, 0.5) is 29.3 Å². The molecule has 0 saturated carbocycles. The SMILES string of the molecule is CC(=O)Nc1ccc(NC(=O)NCc2ccccc2C)c(C(F)(F)F)c1. The first kappa shape index (κ1) is 19.3. The Hall–Kier alpha value is -3.03. The summed E-state index contributed by atoms with van der Waals surface area (Å²) in [4.78, 5) is 23.0. The highest BCUT2D eigenvalue weighted by molar-refractivity contribution is 5.92. The maximum absolute atomic E-state index is 13.2. The van der Waals surface area contributed by atoms with E-state index >= 15 is 0 Å². The van der Waals surface area contributed by atoms with Crippen molar-refractivity contribution in [2.45, 2.75) is 26.6 Å². The monoisotopic (exact) mass is 365 g/mol.